The molecule has 0 spiro atoms. The number of carbonyl (C=O) groups is 1. The van der Waals surface area contributed by atoms with Crippen molar-refractivity contribution in [2.45, 2.75) is 40.2 Å². The van der Waals surface area contributed by atoms with Gasteiger partial charge in [0.2, 0.25) is 0 Å². The lowest BCUT2D eigenvalue weighted by Crippen LogP contribution is -2.09. The van der Waals surface area contributed by atoms with Crippen LogP contribution in [-0.4, -0.2) is 20.6 Å². The fraction of sp³-hybridized carbons (Fsp3) is 0.467. The summed E-state index contributed by atoms with van der Waals surface area (Å²) in [7, 11) is 0. The quantitative estimate of drug-likeness (QED) is 0.915. The van der Waals surface area contributed by atoms with Crippen molar-refractivity contribution in [2.75, 3.05) is 0 Å². The third-order valence-corrected chi connectivity index (χ3v) is 3.12. The van der Waals surface area contributed by atoms with E-state index in [0.29, 0.717) is 11.5 Å². The van der Waals surface area contributed by atoms with Crippen molar-refractivity contribution in [3.8, 4) is 0 Å². The van der Waals surface area contributed by atoms with Gasteiger partial charge < -0.3 is 9.67 Å². The van der Waals surface area contributed by atoms with Crippen molar-refractivity contribution < 1.29 is 9.90 Å². The fourth-order valence-corrected chi connectivity index (χ4v) is 2.36. The second-order valence-corrected chi connectivity index (χ2v) is 5.60. The number of benzene rings is 1. The van der Waals surface area contributed by atoms with Gasteiger partial charge in [-0.2, -0.15) is 0 Å². The number of rotatable bonds is 4. The van der Waals surface area contributed by atoms with Crippen LogP contribution in [0.3, 0.4) is 0 Å². The number of aromatic nitrogens is 2. The number of hydrogen-bond acceptors (Lipinski definition) is 2. The van der Waals surface area contributed by atoms with Gasteiger partial charge in [0.15, 0.2) is 0 Å². The van der Waals surface area contributed by atoms with E-state index < -0.39 is 5.97 Å². The summed E-state index contributed by atoms with van der Waals surface area (Å²) in [5, 5.41) is 9.10. The van der Waals surface area contributed by atoms with E-state index in [-0.39, 0.29) is 6.04 Å². The number of aromatic carboxylic acids is 1. The maximum absolute atomic E-state index is 11.1. The molecule has 2 aromatic rings. The molecule has 1 heterocycles. The average molecular weight is 260 g/mol. The van der Waals surface area contributed by atoms with Crippen LogP contribution in [0.2, 0.25) is 0 Å². The van der Waals surface area contributed by atoms with E-state index in [1.807, 2.05) is 0 Å². The largest absolute Gasteiger partial charge is 0.478 e. The number of carboxylic acids is 1. The smallest absolute Gasteiger partial charge is 0.335 e. The molecule has 1 aromatic heterocycles. The third-order valence-electron chi connectivity index (χ3n) is 3.12. The lowest BCUT2D eigenvalue weighted by Gasteiger charge is -2.14. The van der Waals surface area contributed by atoms with Crippen LogP contribution in [0.5, 0.6) is 0 Å². The number of nitrogens with zero attached hydrogens (tertiary/aromatic N) is 2. The summed E-state index contributed by atoms with van der Waals surface area (Å²) in [6, 6.07) is 5.39. The van der Waals surface area contributed by atoms with Crippen LogP contribution >= 0.6 is 0 Å². The first kappa shape index (κ1) is 13.6. The van der Waals surface area contributed by atoms with Gasteiger partial charge in [-0.1, -0.05) is 13.8 Å². The molecule has 1 aromatic carbocycles. The molecule has 0 aliphatic heterocycles. The van der Waals surface area contributed by atoms with Crippen LogP contribution in [-0.2, 0) is 6.42 Å². The summed E-state index contributed by atoms with van der Waals surface area (Å²) in [6.07, 6.45) is 0.898. The summed E-state index contributed by atoms with van der Waals surface area (Å²) in [5.74, 6) is 0.652. The molecule has 1 N–H and O–H groups in total. The SMILES string of the molecule is CC(C)Cc1nc2ccc(C(=O)O)cc2n1C(C)C. The molecular weight excluding hydrogens is 240 g/mol. The Morgan fingerprint density at radius 1 is 1.32 bits per heavy atom. The zero-order valence-electron chi connectivity index (χ0n) is 11.8. The van der Waals surface area contributed by atoms with Gasteiger partial charge in [-0.25, -0.2) is 9.78 Å². The Labute approximate surface area is 113 Å². The number of fused-ring (bicyclic) bond motifs is 1. The van der Waals surface area contributed by atoms with E-state index in [4.69, 9.17) is 5.11 Å². The maximum Gasteiger partial charge on any atom is 0.335 e. The van der Waals surface area contributed by atoms with Gasteiger partial charge in [0.25, 0.3) is 0 Å². The highest BCUT2D eigenvalue weighted by Crippen LogP contribution is 2.24. The molecule has 0 aliphatic rings. The highest BCUT2D eigenvalue weighted by atomic mass is 16.4. The topological polar surface area (TPSA) is 55.1 Å². The van der Waals surface area contributed by atoms with E-state index in [0.717, 1.165) is 23.3 Å². The average Bonchev–Trinajstić information content (AvgIpc) is 2.64. The van der Waals surface area contributed by atoms with Crippen molar-refractivity contribution in [3.05, 3.63) is 29.6 Å². The Morgan fingerprint density at radius 3 is 2.53 bits per heavy atom. The first-order valence-electron chi connectivity index (χ1n) is 6.64. The Hall–Kier alpha value is -1.84. The molecule has 0 unspecified atom stereocenters. The molecule has 0 bridgehead atoms. The molecule has 4 nitrogen and oxygen atoms in total. The summed E-state index contributed by atoms with van der Waals surface area (Å²) in [6.45, 7) is 8.51. The number of carboxylic acid groups (broad SMARTS) is 1. The fourth-order valence-electron chi connectivity index (χ4n) is 2.36. The highest BCUT2D eigenvalue weighted by Gasteiger charge is 2.15. The molecule has 0 fully saturated rings. The molecule has 0 radical (unpaired) electrons. The summed E-state index contributed by atoms with van der Waals surface area (Å²) < 4.78 is 2.14. The standard InChI is InChI=1S/C15H20N2O2/c1-9(2)7-14-16-12-6-5-11(15(18)19)8-13(12)17(14)10(3)4/h5-6,8-10H,7H2,1-4H3,(H,18,19). The van der Waals surface area contributed by atoms with E-state index >= 15 is 0 Å². The normalized spacial score (nSPS) is 11.7. The van der Waals surface area contributed by atoms with E-state index in [1.165, 1.54) is 0 Å². The molecule has 0 saturated carbocycles. The molecule has 102 valence electrons. The zero-order valence-corrected chi connectivity index (χ0v) is 11.8. The second kappa shape index (κ2) is 5.03. The minimum absolute atomic E-state index is 0.266. The van der Waals surface area contributed by atoms with Gasteiger partial charge >= 0.3 is 5.97 Å². The zero-order chi connectivity index (χ0) is 14.2. The predicted octanol–water partition coefficient (Wildman–Crippen LogP) is 3.51. The molecular formula is C15H20N2O2. The minimum atomic E-state index is -0.899. The Morgan fingerprint density at radius 2 is 2.00 bits per heavy atom. The van der Waals surface area contributed by atoms with Gasteiger partial charge in [0.05, 0.1) is 16.6 Å². The van der Waals surface area contributed by atoms with Crippen molar-refractivity contribution in [3.63, 3.8) is 0 Å². The molecule has 0 saturated heterocycles. The van der Waals surface area contributed by atoms with Crippen molar-refractivity contribution in [1.29, 1.82) is 0 Å². The monoisotopic (exact) mass is 260 g/mol. The van der Waals surface area contributed by atoms with E-state index in [9.17, 15) is 4.79 Å². The van der Waals surface area contributed by atoms with Crippen molar-refractivity contribution >= 4 is 17.0 Å². The van der Waals surface area contributed by atoms with Gasteiger partial charge in [-0.3, -0.25) is 0 Å². The van der Waals surface area contributed by atoms with Gasteiger partial charge in [0.1, 0.15) is 5.82 Å². The minimum Gasteiger partial charge on any atom is -0.478 e. The number of imidazole rings is 1. The number of hydrogen-bond donors (Lipinski definition) is 1. The lowest BCUT2D eigenvalue weighted by atomic mass is 10.1. The molecule has 0 amide bonds. The highest BCUT2D eigenvalue weighted by molar-refractivity contribution is 5.92. The molecule has 2 rings (SSSR count). The Kier molecular flexibility index (Phi) is 3.60. The van der Waals surface area contributed by atoms with Crippen LogP contribution in [0.1, 0.15) is 49.9 Å². The molecule has 0 atom stereocenters. The Balaban J connectivity index is 2.64. The van der Waals surface area contributed by atoms with Crippen LogP contribution < -0.4 is 0 Å². The molecule has 0 aliphatic carbocycles. The van der Waals surface area contributed by atoms with Crippen LogP contribution in [0.15, 0.2) is 18.2 Å². The lowest BCUT2D eigenvalue weighted by molar-refractivity contribution is 0.0697. The Bertz CT molecular complexity index is 612. The predicted molar refractivity (Wildman–Crippen MR) is 75.6 cm³/mol. The van der Waals surface area contributed by atoms with E-state index in [1.54, 1.807) is 18.2 Å². The van der Waals surface area contributed by atoms with Gasteiger partial charge in [-0.15, -0.1) is 0 Å². The van der Waals surface area contributed by atoms with Crippen molar-refractivity contribution in [1.82, 2.24) is 9.55 Å². The maximum atomic E-state index is 11.1. The molecule has 4 heteroatoms. The van der Waals surface area contributed by atoms with Crippen molar-refractivity contribution in [2.24, 2.45) is 5.92 Å². The van der Waals surface area contributed by atoms with Gasteiger partial charge in [-0.05, 0) is 38.0 Å². The van der Waals surface area contributed by atoms with Crippen LogP contribution in [0, 0.1) is 5.92 Å². The first-order valence-corrected chi connectivity index (χ1v) is 6.64. The second-order valence-electron chi connectivity index (χ2n) is 5.60. The summed E-state index contributed by atoms with van der Waals surface area (Å²) in [5.41, 5.74) is 2.09. The van der Waals surface area contributed by atoms with Gasteiger partial charge in [0, 0.05) is 12.5 Å². The van der Waals surface area contributed by atoms with E-state index in [2.05, 4.69) is 37.2 Å². The first-order chi connectivity index (χ1) is 8.90. The molecule has 19 heavy (non-hydrogen) atoms. The third kappa shape index (κ3) is 2.62. The van der Waals surface area contributed by atoms with Crippen LogP contribution in [0.4, 0.5) is 0 Å². The van der Waals surface area contributed by atoms with Crippen LogP contribution in [0.25, 0.3) is 11.0 Å². The summed E-state index contributed by atoms with van der Waals surface area (Å²) >= 11 is 0. The summed E-state index contributed by atoms with van der Waals surface area (Å²) in [4.78, 5) is 15.7.